The second-order valence-electron chi connectivity index (χ2n) is 6.08. The molecule has 1 saturated carbocycles. The summed E-state index contributed by atoms with van der Waals surface area (Å²) in [4.78, 5) is 11.5. The minimum absolute atomic E-state index is 0.0368. The standard InChI is InChI=1S/C14H24O2/c1-4-5-7-14(3)8-6-11-10(2)13(15)16-12(11)9-14/h10-12H,4-9H2,1-3H3/t10-,11+,12-,14+/m1/s1. The lowest BCUT2D eigenvalue weighted by Crippen LogP contribution is -2.34. The highest BCUT2D eigenvalue weighted by Crippen LogP contribution is 2.48. The van der Waals surface area contributed by atoms with Crippen molar-refractivity contribution >= 4 is 5.97 Å². The Kier molecular flexibility index (Phi) is 3.27. The predicted octanol–water partition coefficient (Wildman–Crippen LogP) is 3.54. The third-order valence-electron chi connectivity index (χ3n) is 4.67. The Morgan fingerprint density at radius 3 is 2.94 bits per heavy atom. The van der Waals surface area contributed by atoms with Gasteiger partial charge in [0.25, 0.3) is 0 Å². The van der Waals surface area contributed by atoms with Crippen LogP contribution in [0.15, 0.2) is 0 Å². The van der Waals surface area contributed by atoms with Crippen LogP contribution in [-0.4, -0.2) is 12.1 Å². The Bertz CT molecular complexity index is 274. The van der Waals surface area contributed by atoms with E-state index in [2.05, 4.69) is 13.8 Å². The molecule has 0 unspecified atom stereocenters. The van der Waals surface area contributed by atoms with Crippen LogP contribution < -0.4 is 0 Å². The smallest absolute Gasteiger partial charge is 0.309 e. The van der Waals surface area contributed by atoms with Gasteiger partial charge < -0.3 is 4.74 Å². The van der Waals surface area contributed by atoms with Gasteiger partial charge in [-0.05, 0) is 31.1 Å². The highest BCUT2D eigenvalue weighted by Gasteiger charge is 2.48. The molecular weight excluding hydrogens is 200 g/mol. The number of rotatable bonds is 3. The highest BCUT2D eigenvalue weighted by atomic mass is 16.6. The number of carbonyl (C=O) groups excluding carboxylic acids is 1. The average Bonchev–Trinajstić information content (AvgIpc) is 2.51. The SMILES string of the molecule is CCCC[C@@]1(C)CC[C@@H]2[C@@H](C1)OC(=O)[C@@H]2C. The molecular formula is C14H24O2. The zero-order chi connectivity index (χ0) is 11.8. The molecule has 4 atom stereocenters. The van der Waals surface area contributed by atoms with Gasteiger partial charge in [0.1, 0.15) is 6.10 Å². The largest absolute Gasteiger partial charge is 0.462 e. The van der Waals surface area contributed by atoms with Crippen molar-refractivity contribution in [3.63, 3.8) is 0 Å². The minimum Gasteiger partial charge on any atom is -0.462 e. The fraction of sp³-hybridized carbons (Fsp3) is 0.929. The van der Waals surface area contributed by atoms with Crippen LogP contribution in [0.1, 0.15) is 59.3 Å². The molecule has 0 aromatic heterocycles. The minimum atomic E-state index is 0.0368. The van der Waals surface area contributed by atoms with Crippen molar-refractivity contribution in [2.24, 2.45) is 17.3 Å². The molecule has 0 amide bonds. The molecule has 1 aliphatic carbocycles. The van der Waals surface area contributed by atoms with E-state index in [1.807, 2.05) is 6.92 Å². The quantitative estimate of drug-likeness (QED) is 0.685. The summed E-state index contributed by atoms with van der Waals surface area (Å²) in [7, 11) is 0. The Hall–Kier alpha value is -0.530. The number of hydrogen-bond acceptors (Lipinski definition) is 2. The molecule has 0 aromatic carbocycles. The van der Waals surface area contributed by atoms with Crippen molar-refractivity contribution in [1.82, 2.24) is 0 Å². The van der Waals surface area contributed by atoms with Crippen molar-refractivity contribution in [2.75, 3.05) is 0 Å². The second-order valence-corrected chi connectivity index (χ2v) is 6.08. The van der Waals surface area contributed by atoms with Crippen molar-refractivity contribution in [1.29, 1.82) is 0 Å². The first-order valence-corrected chi connectivity index (χ1v) is 6.76. The molecule has 0 spiro atoms. The number of unbranched alkanes of at least 4 members (excludes halogenated alkanes) is 1. The van der Waals surface area contributed by atoms with Gasteiger partial charge in [-0.2, -0.15) is 0 Å². The topological polar surface area (TPSA) is 26.3 Å². The molecule has 0 radical (unpaired) electrons. The van der Waals surface area contributed by atoms with E-state index in [9.17, 15) is 4.79 Å². The van der Waals surface area contributed by atoms with E-state index in [-0.39, 0.29) is 18.0 Å². The van der Waals surface area contributed by atoms with E-state index in [1.165, 1.54) is 32.1 Å². The zero-order valence-electron chi connectivity index (χ0n) is 10.8. The molecule has 1 aliphatic heterocycles. The van der Waals surface area contributed by atoms with Crippen LogP contribution in [0.3, 0.4) is 0 Å². The van der Waals surface area contributed by atoms with Gasteiger partial charge in [0.05, 0.1) is 5.92 Å². The van der Waals surface area contributed by atoms with Gasteiger partial charge in [0.2, 0.25) is 0 Å². The molecule has 16 heavy (non-hydrogen) atoms. The summed E-state index contributed by atoms with van der Waals surface area (Å²) in [6.07, 6.45) is 7.62. The number of carbonyl (C=O) groups is 1. The van der Waals surface area contributed by atoms with E-state index in [0.29, 0.717) is 11.3 Å². The third-order valence-corrected chi connectivity index (χ3v) is 4.67. The summed E-state index contributed by atoms with van der Waals surface area (Å²) in [6, 6.07) is 0. The summed E-state index contributed by atoms with van der Waals surface area (Å²) >= 11 is 0. The molecule has 2 aliphatic rings. The Morgan fingerprint density at radius 2 is 2.25 bits per heavy atom. The van der Waals surface area contributed by atoms with E-state index in [4.69, 9.17) is 4.74 Å². The lowest BCUT2D eigenvalue weighted by molar-refractivity contribution is -0.145. The zero-order valence-corrected chi connectivity index (χ0v) is 10.8. The number of esters is 1. The monoisotopic (exact) mass is 224 g/mol. The summed E-state index contributed by atoms with van der Waals surface area (Å²) in [5.74, 6) is 0.678. The van der Waals surface area contributed by atoms with Gasteiger partial charge in [-0.15, -0.1) is 0 Å². The Morgan fingerprint density at radius 1 is 1.50 bits per heavy atom. The molecule has 2 fully saturated rings. The normalized spacial score (nSPS) is 42.9. The molecule has 2 heteroatoms. The lowest BCUT2D eigenvalue weighted by Gasteiger charge is -2.39. The number of fused-ring (bicyclic) bond motifs is 1. The van der Waals surface area contributed by atoms with E-state index < -0.39 is 0 Å². The fourth-order valence-electron chi connectivity index (χ4n) is 3.40. The van der Waals surface area contributed by atoms with Gasteiger partial charge in [-0.3, -0.25) is 4.79 Å². The van der Waals surface area contributed by atoms with E-state index in [1.54, 1.807) is 0 Å². The van der Waals surface area contributed by atoms with Crippen molar-refractivity contribution in [3.05, 3.63) is 0 Å². The molecule has 0 aromatic rings. The molecule has 2 nitrogen and oxygen atoms in total. The molecule has 0 bridgehead atoms. The maximum absolute atomic E-state index is 11.5. The molecule has 92 valence electrons. The fourth-order valence-corrected chi connectivity index (χ4v) is 3.40. The Labute approximate surface area is 98.7 Å². The number of hydrogen-bond donors (Lipinski definition) is 0. The molecule has 0 N–H and O–H groups in total. The maximum atomic E-state index is 11.5. The van der Waals surface area contributed by atoms with Crippen LogP contribution in [0.25, 0.3) is 0 Å². The van der Waals surface area contributed by atoms with Crippen LogP contribution in [-0.2, 0) is 9.53 Å². The summed E-state index contributed by atoms with van der Waals surface area (Å²) in [6.45, 7) is 6.64. The molecule has 1 saturated heterocycles. The van der Waals surface area contributed by atoms with Gasteiger partial charge in [0.15, 0.2) is 0 Å². The summed E-state index contributed by atoms with van der Waals surface area (Å²) in [5.41, 5.74) is 0.418. The summed E-state index contributed by atoms with van der Waals surface area (Å²) < 4.78 is 5.51. The molecule has 2 rings (SSSR count). The van der Waals surface area contributed by atoms with E-state index >= 15 is 0 Å². The van der Waals surface area contributed by atoms with Crippen LogP contribution in [0.2, 0.25) is 0 Å². The molecule has 1 heterocycles. The third kappa shape index (κ3) is 2.11. The van der Waals surface area contributed by atoms with Crippen LogP contribution >= 0.6 is 0 Å². The first-order valence-electron chi connectivity index (χ1n) is 6.76. The van der Waals surface area contributed by atoms with E-state index in [0.717, 1.165) is 6.42 Å². The predicted molar refractivity (Wildman–Crippen MR) is 64.0 cm³/mol. The van der Waals surface area contributed by atoms with Crippen molar-refractivity contribution in [2.45, 2.75) is 65.4 Å². The first-order chi connectivity index (χ1) is 7.56. The summed E-state index contributed by atoms with van der Waals surface area (Å²) in [5, 5.41) is 0. The lowest BCUT2D eigenvalue weighted by atomic mass is 9.66. The van der Waals surface area contributed by atoms with Crippen LogP contribution in [0.5, 0.6) is 0 Å². The average molecular weight is 224 g/mol. The number of ether oxygens (including phenoxy) is 1. The van der Waals surface area contributed by atoms with Crippen molar-refractivity contribution in [3.8, 4) is 0 Å². The van der Waals surface area contributed by atoms with Gasteiger partial charge >= 0.3 is 5.97 Å². The van der Waals surface area contributed by atoms with Crippen molar-refractivity contribution < 1.29 is 9.53 Å². The van der Waals surface area contributed by atoms with Crippen LogP contribution in [0.4, 0.5) is 0 Å². The maximum Gasteiger partial charge on any atom is 0.309 e. The van der Waals surface area contributed by atoms with Crippen LogP contribution in [0, 0.1) is 17.3 Å². The highest BCUT2D eigenvalue weighted by molar-refractivity contribution is 5.74. The Balaban J connectivity index is 1.98. The second kappa shape index (κ2) is 4.38. The van der Waals surface area contributed by atoms with Gasteiger partial charge in [0, 0.05) is 5.92 Å². The first kappa shape index (κ1) is 11.9. The van der Waals surface area contributed by atoms with Gasteiger partial charge in [-0.25, -0.2) is 0 Å². The van der Waals surface area contributed by atoms with Gasteiger partial charge in [-0.1, -0.05) is 33.6 Å².